The first-order valence-corrected chi connectivity index (χ1v) is 7.75. The van der Waals surface area contributed by atoms with Gasteiger partial charge in [-0.25, -0.2) is 8.42 Å². The normalized spacial score (nSPS) is 12.9. The smallest absolute Gasteiger partial charge is 0.226 e. The highest BCUT2D eigenvalue weighted by Gasteiger charge is 2.20. The van der Waals surface area contributed by atoms with Crippen LogP contribution in [0.25, 0.3) is 0 Å². The van der Waals surface area contributed by atoms with E-state index in [0.29, 0.717) is 24.6 Å². The maximum atomic E-state index is 10.9. The van der Waals surface area contributed by atoms with Gasteiger partial charge in [-0.05, 0) is 12.8 Å². The molecule has 0 unspecified atom stereocenters. The number of unbranched alkanes of at least 4 members (excludes halogenated alkanes) is 1. The molecule has 98 valence electrons. The number of aromatic nitrogens is 2. The molecule has 0 aliphatic rings. The molecule has 0 aromatic carbocycles. The second kappa shape index (κ2) is 5.16. The number of sulfone groups is 1. The van der Waals surface area contributed by atoms with Gasteiger partial charge in [-0.2, -0.15) is 4.98 Å². The predicted octanol–water partition coefficient (Wildman–Crippen LogP) is 1.73. The van der Waals surface area contributed by atoms with Gasteiger partial charge in [0.05, 0.1) is 0 Å². The van der Waals surface area contributed by atoms with Crippen LogP contribution in [-0.4, -0.2) is 30.6 Å². The number of hydrogen-bond donors (Lipinski definition) is 0. The minimum atomic E-state index is -2.86. The fourth-order valence-electron chi connectivity index (χ4n) is 1.30. The Morgan fingerprint density at radius 3 is 2.35 bits per heavy atom. The van der Waals surface area contributed by atoms with E-state index in [1.807, 2.05) is 20.8 Å². The average molecular weight is 260 g/mol. The first-order valence-electron chi connectivity index (χ1n) is 5.69. The molecule has 0 saturated heterocycles. The summed E-state index contributed by atoms with van der Waals surface area (Å²) < 4.78 is 27.0. The molecule has 6 heteroatoms. The van der Waals surface area contributed by atoms with Gasteiger partial charge in [0.2, 0.25) is 5.89 Å². The summed E-state index contributed by atoms with van der Waals surface area (Å²) in [6.45, 7) is 6.06. The van der Waals surface area contributed by atoms with E-state index in [-0.39, 0.29) is 11.2 Å². The zero-order valence-electron chi connectivity index (χ0n) is 10.9. The Hall–Kier alpha value is -0.910. The molecule has 0 bridgehead atoms. The Morgan fingerprint density at radius 1 is 1.24 bits per heavy atom. The Kier molecular flexibility index (Phi) is 4.30. The maximum Gasteiger partial charge on any atom is 0.226 e. The maximum absolute atomic E-state index is 10.9. The standard InChI is InChI=1S/C11H20N2O3S/c1-11(2,3)10-12-9(16-13-10)7-5-6-8-17(4,14)15/h5-8H2,1-4H3. The number of aryl methyl sites for hydroxylation is 1. The van der Waals surface area contributed by atoms with Gasteiger partial charge >= 0.3 is 0 Å². The van der Waals surface area contributed by atoms with Gasteiger partial charge in [0.25, 0.3) is 0 Å². The van der Waals surface area contributed by atoms with Crippen molar-refractivity contribution in [3.63, 3.8) is 0 Å². The van der Waals surface area contributed by atoms with Gasteiger partial charge in [-0.15, -0.1) is 0 Å². The van der Waals surface area contributed by atoms with Crippen LogP contribution < -0.4 is 0 Å². The van der Waals surface area contributed by atoms with Crippen LogP contribution in [0.3, 0.4) is 0 Å². The summed E-state index contributed by atoms with van der Waals surface area (Å²) in [6, 6.07) is 0. The molecule has 5 nitrogen and oxygen atoms in total. The van der Waals surface area contributed by atoms with Crippen LogP contribution in [0.1, 0.15) is 45.3 Å². The molecule has 0 aliphatic carbocycles. The molecule has 0 fully saturated rings. The van der Waals surface area contributed by atoms with Crippen molar-refractivity contribution in [3.05, 3.63) is 11.7 Å². The molecule has 1 rings (SSSR count). The van der Waals surface area contributed by atoms with E-state index in [0.717, 1.165) is 6.42 Å². The first kappa shape index (κ1) is 14.2. The van der Waals surface area contributed by atoms with Crippen LogP contribution >= 0.6 is 0 Å². The third-order valence-corrected chi connectivity index (χ3v) is 3.32. The molecule has 1 aromatic heterocycles. The second-order valence-corrected chi connectivity index (χ2v) is 7.61. The minimum Gasteiger partial charge on any atom is -0.339 e. The first-order chi connectivity index (χ1) is 7.68. The van der Waals surface area contributed by atoms with Crippen molar-refractivity contribution >= 4 is 9.84 Å². The molecule has 1 heterocycles. The van der Waals surface area contributed by atoms with Gasteiger partial charge in [0, 0.05) is 23.8 Å². The summed E-state index contributed by atoms with van der Waals surface area (Å²) in [5.74, 6) is 1.49. The molecule has 0 amide bonds. The molecule has 0 atom stereocenters. The van der Waals surface area contributed by atoms with E-state index < -0.39 is 9.84 Å². The van der Waals surface area contributed by atoms with Crippen LogP contribution in [0.4, 0.5) is 0 Å². The molecule has 0 N–H and O–H groups in total. The molecular weight excluding hydrogens is 240 g/mol. The van der Waals surface area contributed by atoms with Crippen molar-refractivity contribution < 1.29 is 12.9 Å². The van der Waals surface area contributed by atoms with Gasteiger partial charge < -0.3 is 4.52 Å². The largest absolute Gasteiger partial charge is 0.339 e. The van der Waals surface area contributed by atoms with Gasteiger partial charge in [0.1, 0.15) is 9.84 Å². The molecule has 0 radical (unpaired) electrons. The fraction of sp³-hybridized carbons (Fsp3) is 0.818. The fourth-order valence-corrected chi connectivity index (χ4v) is 2.03. The summed E-state index contributed by atoms with van der Waals surface area (Å²) in [6.07, 6.45) is 3.26. The van der Waals surface area contributed by atoms with Crippen molar-refractivity contribution in [2.45, 2.75) is 45.4 Å². The van der Waals surface area contributed by atoms with Gasteiger partial charge in [0.15, 0.2) is 5.82 Å². The molecule has 0 aliphatic heterocycles. The Labute approximate surface area is 103 Å². The lowest BCUT2D eigenvalue weighted by molar-refractivity contribution is 0.360. The monoisotopic (exact) mass is 260 g/mol. The van der Waals surface area contributed by atoms with Crippen molar-refractivity contribution in [1.82, 2.24) is 10.1 Å². The lowest BCUT2D eigenvalue weighted by Crippen LogP contribution is -2.13. The van der Waals surface area contributed by atoms with Crippen LogP contribution in [0.15, 0.2) is 4.52 Å². The van der Waals surface area contributed by atoms with Crippen molar-refractivity contribution in [2.75, 3.05) is 12.0 Å². The van der Waals surface area contributed by atoms with Crippen LogP contribution in [0, 0.1) is 0 Å². The van der Waals surface area contributed by atoms with E-state index in [4.69, 9.17) is 4.52 Å². The van der Waals surface area contributed by atoms with Crippen LogP contribution in [0.5, 0.6) is 0 Å². The highest BCUT2D eigenvalue weighted by atomic mass is 32.2. The van der Waals surface area contributed by atoms with Crippen LogP contribution in [0.2, 0.25) is 0 Å². The lowest BCUT2D eigenvalue weighted by Gasteiger charge is -2.10. The Morgan fingerprint density at radius 2 is 1.88 bits per heavy atom. The molecule has 17 heavy (non-hydrogen) atoms. The second-order valence-electron chi connectivity index (χ2n) is 5.35. The molecule has 1 aromatic rings. The van der Waals surface area contributed by atoms with E-state index in [1.165, 1.54) is 6.26 Å². The van der Waals surface area contributed by atoms with Gasteiger partial charge in [-0.1, -0.05) is 25.9 Å². The van der Waals surface area contributed by atoms with Gasteiger partial charge in [-0.3, -0.25) is 0 Å². The lowest BCUT2D eigenvalue weighted by atomic mass is 9.96. The zero-order chi connectivity index (χ0) is 13.1. The molecule has 0 saturated carbocycles. The summed E-state index contributed by atoms with van der Waals surface area (Å²) in [5.41, 5.74) is -0.117. The third kappa shape index (κ3) is 5.30. The summed E-state index contributed by atoms with van der Waals surface area (Å²) in [5, 5.41) is 3.91. The SMILES string of the molecule is CC(C)(C)c1noc(CCCCS(C)(=O)=O)n1. The topological polar surface area (TPSA) is 73.1 Å². The highest BCUT2D eigenvalue weighted by molar-refractivity contribution is 7.90. The summed E-state index contributed by atoms with van der Waals surface area (Å²) >= 11 is 0. The Bertz CT molecular complexity index is 457. The third-order valence-electron chi connectivity index (χ3n) is 2.29. The van der Waals surface area contributed by atoms with E-state index >= 15 is 0 Å². The molecule has 0 spiro atoms. The van der Waals surface area contributed by atoms with E-state index in [1.54, 1.807) is 0 Å². The van der Waals surface area contributed by atoms with Crippen molar-refractivity contribution in [2.24, 2.45) is 0 Å². The minimum absolute atomic E-state index is 0.117. The number of hydrogen-bond acceptors (Lipinski definition) is 5. The van der Waals surface area contributed by atoms with E-state index in [2.05, 4.69) is 10.1 Å². The zero-order valence-corrected chi connectivity index (χ0v) is 11.7. The Balaban J connectivity index is 2.41. The summed E-state index contributed by atoms with van der Waals surface area (Å²) in [7, 11) is -2.86. The highest BCUT2D eigenvalue weighted by Crippen LogP contribution is 2.18. The summed E-state index contributed by atoms with van der Waals surface area (Å²) in [4.78, 5) is 4.29. The quantitative estimate of drug-likeness (QED) is 0.754. The van der Waals surface area contributed by atoms with Crippen molar-refractivity contribution in [1.29, 1.82) is 0 Å². The number of nitrogens with zero attached hydrogens (tertiary/aromatic N) is 2. The van der Waals surface area contributed by atoms with Crippen LogP contribution in [-0.2, 0) is 21.7 Å². The average Bonchev–Trinajstić information content (AvgIpc) is 2.58. The van der Waals surface area contributed by atoms with E-state index in [9.17, 15) is 8.42 Å². The van der Waals surface area contributed by atoms with Crippen molar-refractivity contribution in [3.8, 4) is 0 Å². The number of rotatable bonds is 5. The predicted molar refractivity (Wildman–Crippen MR) is 65.6 cm³/mol. The molecular formula is C11H20N2O3S.